The minimum atomic E-state index is -0.275. The number of likely N-dealkylation sites (tertiary alicyclic amines) is 1. The Morgan fingerprint density at radius 3 is 2.92 bits per heavy atom. The first-order chi connectivity index (χ1) is 12.2. The molecular weight excluding hydrogens is 320 g/mol. The summed E-state index contributed by atoms with van der Waals surface area (Å²) < 4.78 is 0. The Labute approximate surface area is 146 Å². The van der Waals surface area contributed by atoms with Gasteiger partial charge in [-0.1, -0.05) is 0 Å². The summed E-state index contributed by atoms with van der Waals surface area (Å²) in [7, 11) is 0. The zero-order valence-corrected chi connectivity index (χ0v) is 14.1. The summed E-state index contributed by atoms with van der Waals surface area (Å²) >= 11 is 0. The van der Waals surface area contributed by atoms with Gasteiger partial charge in [-0.15, -0.1) is 0 Å². The molecule has 3 rings (SSSR count). The van der Waals surface area contributed by atoms with Crippen LogP contribution >= 0.6 is 0 Å². The van der Waals surface area contributed by atoms with Gasteiger partial charge in [-0.05, 0) is 44.0 Å². The highest BCUT2D eigenvalue weighted by Gasteiger charge is 2.28. The van der Waals surface area contributed by atoms with E-state index in [1.807, 2.05) is 6.07 Å². The third kappa shape index (κ3) is 4.45. The van der Waals surface area contributed by atoms with Crippen LogP contribution < -0.4 is 10.6 Å². The molecule has 2 fully saturated rings. The molecule has 3 heterocycles. The summed E-state index contributed by atoms with van der Waals surface area (Å²) in [5, 5.41) is 14.6. The molecule has 8 heteroatoms. The fraction of sp³-hybridized carbons (Fsp3) is 0.529. The number of anilines is 1. The lowest BCUT2D eigenvalue weighted by Crippen LogP contribution is -2.34. The number of urea groups is 1. The van der Waals surface area contributed by atoms with Crippen LogP contribution in [0.3, 0.4) is 0 Å². The molecule has 2 aliphatic rings. The van der Waals surface area contributed by atoms with Crippen LogP contribution in [0.15, 0.2) is 18.3 Å². The smallest absolute Gasteiger partial charge is 0.324 e. The highest BCUT2D eigenvalue weighted by Crippen LogP contribution is 2.17. The standard InChI is InChI=1S/C17H22N6O2/c18-8-13-2-3-15(19-9-13)20-10-14-4-7-22(12-14)5-1-6-23-16(24)11-21-17(23)25/h2-3,9,14H,1,4-7,10-12H2,(H,19,20)(H,21,25)/t14-/m1/s1. The van der Waals surface area contributed by atoms with Crippen molar-refractivity contribution in [3.63, 3.8) is 0 Å². The van der Waals surface area contributed by atoms with Crippen molar-refractivity contribution in [1.29, 1.82) is 5.26 Å². The first kappa shape index (κ1) is 17.2. The number of amides is 3. The lowest BCUT2D eigenvalue weighted by Gasteiger charge is -2.18. The molecule has 2 saturated heterocycles. The Bertz CT molecular complexity index is 653. The number of rotatable bonds is 7. The molecule has 132 valence electrons. The second-order valence-electron chi connectivity index (χ2n) is 6.44. The molecule has 0 aliphatic carbocycles. The molecule has 0 saturated carbocycles. The number of nitrogens with zero attached hydrogens (tertiary/aromatic N) is 4. The Kier molecular flexibility index (Phi) is 5.46. The van der Waals surface area contributed by atoms with Gasteiger partial charge < -0.3 is 15.5 Å². The van der Waals surface area contributed by atoms with Gasteiger partial charge in [0.2, 0.25) is 5.91 Å². The van der Waals surface area contributed by atoms with Crippen molar-refractivity contribution in [2.75, 3.05) is 44.6 Å². The van der Waals surface area contributed by atoms with Crippen molar-refractivity contribution < 1.29 is 9.59 Å². The molecule has 0 bridgehead atoms. The third-order valence-electron chi connectivity index (χ3n) is 4.63. The predicted molar refractivity (Wildman–Crippen MR) is 91.7 cm³/mol. The summed E-state index contributed by atoms with van der Waals surface area (Å²) in [6.45, 7) is 4.39. The average Bonchev–Trinajstić information content (AvgIpc) is 3.21. The molecule has 25 heavy (non-hydrogen) atoms. The number of hydrogen-bond acceptors (Lipinski definition) is 6. The van der Waals surface area contributed by atoms with E-state index >= 15 is 0 Å². The van der Waals surface area contributed by atoms with E-state index in [4.69, 9.17) is 5.26 Å². The molecule has 1 aromatic rings. The van der Waals surface area contributed by atoms with Crippen LogP contribution in [-0.4, -0.2) is 66.0 Å². The lowest BCUT2D eigenvalue weighted by molar-refractivity contribution is -0.125. The van der Waals surface area contributed by atoms with E-state index in [-0.39, 0.29) is 18.5 Å². The molecule has 2 aliphatic heterocycles. The van der Waals surface area contributed by atoms with Crippen LogP contribution in [0.2, 0.25) is 0 Å². The van der Waals surface area contributed by atoms with Gasteiger partial charge in [0.15, 0.2) is 0 Å². The summed E-state index contributed by atoms with van der Waals surface area (Å²) in [5.41, 5.74) is 0.558. The Balaban J connectivity index is 1.35. The van der Waals surface area contributed by atoms with Crippen molar-refractivity contribution in [3.05, 3.63) is 23.9 Å². The maximum Gasteiger partial charge on any atom is 0.324 e. The Morgan fingerprint density at radius 2 is 2.24 bits per heavy atom. The van der Waals surface area contributed by atoms with Crippen LogP contribution in [0.5, 0.6) is 0 Å². The maximum absolute atomic E-state index is 11.5. The Hall–Kier alpha value is -2.66. The molecule has 2 N–H and O–H groups in total. The largest absolute Gasteiger partial charge is 0.370 e. The lowest BCUT2D eigenvalue weighted by atomic mass is 10.1. The fourth-order valence-corrected chi connectivity index (χ4v) is 3.23. The highest BCUT2D eigenvalue weighted by atomic mass is 16.2. The minimum absolute atomic E-state index is 0.125. The minimum Gasteiger partial charge on any atom is -0.370 e. The number of carbonyl (C=O) groups excluding carboxylic acids is 2. The summed E-state index contributed by atoms with van der Waals surface area (Å²) in [6.07, 6.45) is 3.49. The molecule has 1 aromatic heterocycles. The maximum atomic E-state index is 11.5. The molecule has 0 aromatic carbocycles. The number of aromatic nitrogens is 1. The van der Waals surface area contributed by atoms with E-state index in [9.17, 15) is 9.59 Å². The molecular formula is C17H22N6O2. The number of carbonyl (C=O) groups is 2. The number of hydrogen-bond donors (Lipinski definition) is 2. The van der Waals surface area contributed by atoms with Crippen molar-refractivity contribution in [3.8, 4) is 6.07 Å². The SMILES string of the molecule is N#Cc1ccc(NC[C@H]2CCN(CCCN3C(=O)CNC3=O)C2)nc1. The average molecular weight is 342 g/mol. The van der Waals surface area contributed by atoms with Gasteiger partial charge in [0.1, 0.15) is 11.9 Å². The van der Waals surface area contributed by atoms with E-state index < -0.39 is 0 Å². The summed E-state index contributed by atoms with van der Waals surface area (Å²) in [6, 6.07) is 5.36. The first-order valence-electron chi connectivity index (χ1n) is 8.56. The molecule has 0 unspecified atom stereocenters. The van der Waals surface area contributed by atoms with Gasteiger partial charge in [-0.3, -0.25) is 9.69 Å². The van der Waals surface area contributed by atoms with Gasteiger partial charge in [-0.2, -0.15) is 5.26 Å². The third-order valence-corrected chi connectivity index (χ3v) is 4.63. The zero-order valence-electron chi connectivity index (χ0n) is 14.1. The number of pyridine rings is 1. The van der Waals surface area contributed by atoms with Crippen molar-refractivity contribution >= 4 is 17.8 Å². The molecule has 3 amide bonds. The number of nitriles is 1. The topological polar surface area (TPSA) is 101 Å². The van der Waals surface area contributed by atoms with Crippen LogP contribution in [0.25, 0.3) is 0 Å². The van der Waals surface area contributed by atoms with E-state index in [1.165, 1.54) is 4.90 Å². The van der Waals surface area contributed by atoms with Crippen molar-refractivity contribution in [2.24, 2.45) is 5.92 Å². The van der Waals surface area contributed by atoms with Crippen molar-refractivity contribution in [2.45, 2.75) is 12.8 Å². The van der Waals surface area contributed by atoms with Crippen LogP contribution in [0.4, 0.5) is 10.6 Å². The summed E-state index contributed by atoms with van der Waals surface area (Å²) in [5.74, 6) is 1.20. The Morgan fingerprint density at radius 1 is 1.36 bits per heavy atom. The van der Waals surface area contributed by atoms with Gasteiger partial charge in [0, 0.05) is 25.8 Å². The second-order valence-corrected chi connectivity index (χ2v) is 6.44. The molecule has 0 spiro atoms. The van der Waals surface area contributed by atoms with Crippen LogP contribution in [0.1, 0.15) is 18.4 Å². The van der Waals surface area contributed by atoms with E-state index in [1.54, 1.807) is 12.3 Å². The molecule has 8 nitrogen and oxygen atoms in total. The number of imide groups is 1. The summed E-state index contributed by atoms with van der Waals surface area (Å²) in [4.78, 5) is 30.9. The van der Waals surface area contributed by atoms with Gasteiger partial charge in [-0.25, -0.2) is 9.78 Å². The number of nitrogens with one attached hydrogen (secondary N) is 2. The van der Waals surface area contributed by atoms with E-state index in [0.717, 1.165) is 44.8 Å². The predicted octanol–water partition coefficient (Wildman–Crippen LogP) is 0.629. The first-order valence-corrected chi connectivity index (χ1v) is 8.56. The monoisotopic (exact) mass is 342 g/mol. The van der Waals surface area contributed by atoms with Gasteiger partial charge >= 0.3 is 6.03 Å². The van der Waals surface area contributed by atoms with E-state index in [2.05, 4.69) is 26.6 Å². The van der Waals surface area contributed by atoms with Gasteiger partial charge in [0.05, 0.1) is 12.1 Å². The highest BCUT2D eigenvalue weighted by molar-refractivity contribution is 6.01. The van der Waals surface area contributed by atoms with Crippen molar-refractivity contribution in [1.82, 2.24) is 20.1 Å². The molecule has 1 atom stereocenters. The van der Waals surface area contributed by atoms with Gasteiger partial charge in [0.25, 0.3) is 0 Å². The quantitative estimate of drug-likeness (QED) is 0.705. The van der Waals surface area contributed by atoms with Crippen LogP contribution in [-0.2, 0) is 4.79 Å². The second kappa shape index (κ2) is 7.94. The van der Waals surface area contributed by atoms with E-state index in [0.29, 0.717) is 18.0 Å². The van der Waals surface area contributed by atoms with Crippen LogP contribution in [0, 0.1) is 17.2 Å². The fourth-order valence-electron chi connectivity index (χ4n) is 3.23. The molecule has 0 radical (unpaired) electrons. The zero-order chi connectivity index (χ0) is 17.6. The normalized spacial score (nSPS) is 20.6.